The van der Waals surface area contributed by atoms with E-state index in [1.165, 1.54) is 27.5 Å². The van der Waals surface area contributed by atoms with Crippen molar-refractivity contribution in [3.8, 4) is 11.5 Å². The topological polar surface area (TPSA) is 30.5 Å². The molecule has 1 aliphatic heterocycles. The van der Waals surface area contributed by atoms with Gasteiger partial charge >= 0.3 is 0 Å². The molecular formula is C27H25NO2. The first kappa shape index (κ1) is 18.7. The Morgan fingerprint density at radius 3 is 2.47 bits per heavy atom. The van der Waals surface area contributed by atoms with Crippen LogP contribution in [0.25, 0.3) is 10.8 Å². The van der Waals surface area contributed by atoms with E-state index in [0.717, 1.165) is 30.0 Å². The summed E-state index contributed by atoms with van der Waals surface area (Å²) in [5.74, 6) is 1.58. The molecule has 1 aliphatic rings. The molecule has 3 heteroatoms. The molecule has 4 aromatic carbocycles. The molecule has 0 spiro atoms. The number of hydrogen-bond donors (Lipinski definition) is 1. The Morgan fingerprint density at radius 2 is 1.63 bits per heavy atom. The molecule has 150 valence electrons. The Balaban J connectivity index is 1.51. The molecule has 4 aromatic rings. The van der Waals surface area contributed by atoms with Crippen molar-refractivity contribution in [1.29, 1.82) is 0 Å². The third-order valence-electron chi connectivity index (χ3n) is 5.82. The first-order chi connectivity index (χ1) is 14.8. The average molecular weight is 396 g/mol. The van der Waals surface area contributed by atoms with Gasteiger partial charge in [0.2, 0.25) is 0 Å². The van der Waals surface area contributed by atoms with Gasteiger partial charge in [0, 0.05) is 6.54 Å². The van der Waals surface area contributed by atoms with Gasteiger partial charge in [0.05, 0.1) is 13.2 Å². The van der Waals surface area contributed by atoms with Crippen molar-refractivity contribution in [1.82, 2.24) is 5.32 Å². The van der Waals surface area contributed by atoms with Gasteiger partial charge < -0.3 is 14.8 Å². The van der Waals surface area contributed by atoms with Crippen molar-refractivity contribution in [3.63, 3.8) is 0 Å². The lowest BCUT2D eigenvalue weighted by Crippen LogP contribution is -2.30. The highest BCUT2D eigenvalue weighted by Gasteiger charge is 2.24. The number of ether oxygens (including phenoxy) is 2. The molecule has 3 nitrogen and oxygen atoms in total. The van der Waals surface area contributed by atoms with Crippen LogP contribution in [0.4, 0.5) is 0 Å². The van der Waals surface area contributed by atoms with Gasteiger partial charge in [-0.25, -0.2) is 0 Å². The van der Waals surface area contributed by atoms with Gasteiger partial charge in [0.15, 0.2) is 11.5 Å². The van der Waals surface area contributed by atoms with Crippen molar-refractivity contribution in [2.45, 2.75) is 19.1 Å². The first-order valence-corrected chi connectivity index (χ1v) is 10.4. The van der Waals surface area contributed by atoms with Gasteiger partial charge in [-0.3, -0.25) is 0 Å². The van der Waals surface area contributed by atoms with Crippen LogP contribution in [0, 0.1) is 0 Å². The van der Waals surface area contributed by atoms with Crippen LogP contribution in [0.1, 0.15) is 28.3 Å². The van der Waals surface area contributed by atoms with Crippen LogP contribution < -0.4 is 14.8 Å². The van der Waals surface area contributed by atoms with E-state index in [0.29, 0.717) is 6.61 Å². The van der Waals surface area contributed by atoms with Crippen molar-refractivity contribution >= 4 is 10.8 Å². The van der Waals surface area contributed by atoms with E-state index in [2.05, 4.69) is 72.0 Å². The van der Waals surface area contributed by atoms with E-state index in [1.54, 1.807) is 7.11 Å². The number of benzene rings is 4. The summed E-state index contributed by atoms with van der Waals surface area (Å²) in [7, 11) is 1.71. The summed E-state index contributed by atoms with van der Waals surface area (Å²) in [5, 5.41) is 6.22. The number of methoxy groups -OCH3 is 1. The Bertz CT molecular complexity index is 1170. The van der Waals surface area contributed by atoms with Crippen LogP contribution >= 0.6 is 0 Å². The molecule has 0 aromatic heterocycles. The van der Waals surface area contributed by atoms with Gasteiger partial charge in [-0.1, -0.05) is 66.7 Å². The fraction of sp³-hybridized carbons (Fsp3) is 0.185. The molecule has 0 fully saturated rings. The number of rotatable bonds is 5. The van der Waals surface area contributed by atoms with Crippen LogP contribution in [0.3, 0.4) is 0 Å². The summed E-state index contributed by atoms with van der Waals surface area (Å²) in [6.45, 7) is 1.46. The molecule has 0 aliphatic carbocycles. The summed E-state index contributed by atoms with van der Waals surface area (Å²) in [6.07, 6.45) is 0.981. The molecule has 0 radical (unpaired) electrons. The third kappa shape index (κ3) is 3.64. The molecule has 0 saturated heterocycles. The average Bonchev–Trinajstić information content (AvgIpc) is 2.82. The lowest BCUT2D eigenvalue weighted by Gasteiger charge is -2.29. The fourth-order valence-electron chi connectivity index (χ4n) is 4.26. The van der Waals surface area contributed by atoms with E-state index in [1.807, 2.05) is 18.2 Å². The van der Waals surface area contributed by atoms with Gasteiger partial charge in [-0.15, -0.1) is 0 Å². The van der Waals surface area contributed by atoms with E-state index in [4.69, 9.17) is 9.47 Å². The SMILES string of the molecule is COc1cc2c(cc1OCc1ccccc1)C(c1ccc3ccccc3c1)NCC2. The second kappa shape index (κ2) is 8.21. The molecule has 30 heavy (non-hydrogen) atoms. The summed E-state index contributed by atoms with van der Waals surface area (Å²) in [6, 6.07) is 29.9. The number of fused-ring (bicyclic) bond motifs is 2. The number of nitrogens with one attached hydrogen (secondary N) is 1. The highest BCUT2D eigenvalue weighted by Crippen LogP contribution is 2.38. The number of hydrogen-bond acceptors (Lipinski definition) is 3. The highest BCUT2D eigenvalue weighted by molar-refractivity contribution is 5.83. The van der Waals surface area contributed by atoms with Crippen molar-refractivity contribution < 1.29 is 9.47 Å². The Morgan fingerprint density at radius 1 is 0.833 bits per heavy atom. The predicted molar refractivity (Wildman–Crippen MR) is 121 cm³/mol. The minimum atomic E-state index is 0.142. The third-order valence-corrected chi connectivity index (χ3v) is 5.82. The molecule has 0 bridgehead atoms. The van der Waals surface area contributed by atoms with E-state index < -0.39 is 0 Å². The normalized spacial score (nSPS) is 15.6. The van der Waals surface area contributed by atoms with Gasteiger partial charge in [0.25, 0.3) is 0 Å². The molecule has 1 heterocycles. The second-order valence-electron chi connectivity index (χ2n) is 7.72. The maximum Gasteiger partial charge on any atom is 0.162 e. The zero-order valence-electron chi connectivity index (χ0n) is 17.1. The lowest BCUT2D eigenvalue weighted by molar-refractivity contribution is 0.283. The van der Waals surface area contributed by atoms with Gasteiger partial charge in [0.1, 0.15) is 6.61 Å². The van der Waals surface area contributed by atoms with Crippen molar-refractivity contribution in [3.05, 3.63) is 107 Å². The standard InChI is InChI=1S/C27H25NO2/c1-29-25-16-22-13-14-28-27(23-12-11-20-9-5-6-10-21(20)15-23)24(22)17-26(25)30-18-19-7-3-2-4-8-19/h2-12,15-17,27-28H,13-14,18H2,1H3. The van der Waals surface area contributed by atoms with Crippen LogP contribution in [0.5, 0.6) is 11.5 Å². The zero-order chi connectivity index (χ0) is 20.3. The summed E-state index contributed by atoms with van der Waals surface area (Å²) >= 11 is 0. The quantitative estimate of drug-likeness (QED) is 0.473. The van der Waals surface area contributed by atoms with Crippen LogP contribution in [-0.2, 0) is 13.0 Å². The van der Waals surface area contributed by atoms with E-state index in [9.17, 15) is 0 Å². The maximum atomic E-state index is 6.18. The monoisotopic (exact) mass is 395 g/mol. The van der Waals surface area contributed by atoms with Crippen molar-refractivity contribution in [2.75, 3.05) is 13.7 Å². The van der Waals surface area contributed by atoms with E-state index >= 15 is 0 Å². The Kier molecular flexibility index (Phi) is 5.12. The molecule has 1 atom stereocenters. The zero-order valence-corrected chi connectivity index (χ0v) is 17.1. The largest absolute Gasteiger partial charge is 0.493 e. The smallest absolute Gasteiger partial charge is 0.162 e. The summed E-state index contributed by atoms with van der Waals surface area (Å²) < 4.78 is 11.8. The van der Waals surface area contributed by atoms with Crippen LogP contribution in [-0.4, -0.2) is 13.7 Å². The molecule has 0 amide bonds. The molecular weight excluding hydrogens is 370 g/mol. The molecule has 0 saturated carbocycles. The maximum absolute atomic E-state index is 6.18. The summed E-state index contributed by atoms with van der Waals surface area (Å²) in [4.78, 5) is 0. The predicted octanol–water partition coefficient (Wildman–Crippen LogP) is 5.66. The molecule has 5 rings (SSSR count). The van der Waals surface area contributed by atoms with Crippen LogP contribution in [0.2, 0.25) is 0 Å². The second-order valence-corrected chi connectivity index (χ2v) is 7.72. The lowest BCUT2D eigenvalue weighted by atomic mass is 9.88. The fourth-order valence-corrected chi connectivity index (χ4v) is 4.26. The van der Waals surface area contributed by atoms with Gasteiger partial charge in [-0.2, -0.15) is 0 Å². The molecule has 1 unspecified atom stereocenters. The first-order valence-electron chi connectivity index (χ1n) is 10.4. The Labute approximate surface area is 177 Å². The van der Waals surface area contributed by atoms with Gasteiger partial charge in [-0.05, 0) is 57.6 Å². The summed E-state index contributed by atoms with van der Waals surface area (Å²) in [5.41, 5.74) is 4.99. The minimum absolute atomic E-state index is 0.142. The van der Waals surface area contributed by atoms with Crippen molar-refractivity contribution in [2.24, 2.45) is 0 Å². The Hall–Kier alpha value is -3.30. The van der Waals surface area contributed by atoms with Crippen LogP contribution in [0.15, 0.2) is 84.9 Å². The minimum Gasteiger partial charge on any atom is -0.493 e. The molecule has 1 N–H and O–H groups in total. The van der Waals surface area contributed by atoms with E-state index in [-0.39, 0.29) is 6.04 Å². The highest BCUT2D eigenvalue weighted by atomic mass is 16.5.